The zero-order valence-corrected chi connectivity index (χ0v) is 13.9. The molecular weight excluding hydrogens is 244 g/mol. The Bertz CT molecular complexity index is 355. The predicted octanol–water partition coefficient (Wildman–Crippen LogP) is 4.86. The van der Waals surface area contributed by atoms with Gasteiger partial charge in [-0.2, -0.15) is 0 Å². The van der Waals surface area contributed by atoms with Crippen LogP contribution in [0, 0.1) is 11.8 Å². The maximum absolute atomic E-state index is 4.73. The molecule has 1 rings (SSSR count). The molecule has 0 saturated heterocycles. The van der Waals surface area contributed by atoms with Gasteiger partial charge in [0.05, 0.1) is 11.4 Å². The third-order valence-corrected chi connectivity index (χ3v) is 3.21. The summed E-state index contributed by atoms with van der Waals surface area (Å²) in [6, 6.07) is 0.773. The highest BCUT2D eigenvalue weighted by molar-refractivity contribution is 6.18. The lowest BCUT2D eigenvalue weighted by atomic mass is 10.0. The fraction of sp³-hybridized carbons (Fsp3) is 0.667. The second-order valence-corrected chi connectivity index (χ2v) is 6.73. The molecule has 0 saturated carbocycles. The molecule has 0 amide bonds. The van der Waals surface area contributed by atoms with Gasteiger partial charge < -0.3 is 0 Å². The van der Waals surface area contributed by atoms with Crippen molar-refractivity contribution in [1.29, 1.82) is 0 Å². The molecule has 2 unspecified atom stereocenters. The van der Waals surface area contributed by atoms with Crippen LogP contribution in [0.1, 0.15) is 54.4 Å². The van der Waals surface area contributed by atoms with Crippen LogP contribution in [0.15, 0.2) is 34.3 Å². The highest BCUT2D eigenvalue weighted by atomic mass is 14.8. The van der Waals surface area contributed by atoms with Gasteiger partial charge >= 0.3 is 0 Å². The normalized spacial score (nSPS) is 17.8. The molecular formula is C18H30N2. The van der Waals surface area contributed by atoms with E-state index in [1.807, 2.05) is 0 Å². The third-order valence-electron chi connectivity index (χ3n) is 3.21. The Balaban J connectivity index is 2.59. The van der Waals surface area contributed by atoms with E-state index in [0.29, 0.717) is 23.9 Å². The van der Waals surface area contributed by atoms with E-state index in [9.17, 15) is 0 Å². The number of rotatable bonds is 6. The quantitative estimate of drug-likeness (QED) is 0.618. The number of aliphatic imine (C=N–C) groups is 2. The fourth-order valence-electron chi connectivity index (χ4n) is 2.60. The summed E-state index contributed by atoms with van der Waals surface area (Å²) in [6.45, 7) is 13.3. The van der Waals surface area contributed by atoms with Crippen molar-refractivity contribution in [1.82, 2.24) is 0 Å². The fourth-order valence-corrected chi connectivity index (χ4v) is 2.60. The van der Waals surface area contributed by atoms with E-state index < -0.39 is 0 Å². The first kappa shape index (κ1) is 16.9. The maximum Gasteiger partial charge on any atom is 0.0579 e. The van der Waals surface area contributed by atoms with Crippen molar-refractivity contribution in [3.05, 3.63) is 24.3 Å². The number of nitrogens with zero attached hydrogens (tertiary/aromatic N) is 2. The summed E-state index contributed by atoms with van der Waals surface area (Å²) in [7, 11) is 0. The first-order valence-electron chi connectivity index (χ1n) is 7.88. The van der Waals surface area contributed by atoms with Crippen molar-refractivity contribution in [3.63, 3.8) is 0 Å². The lowest BCUT2D eigenvalue weighted by molar-refractivity contribution is 0.521. The van der Waals surface area contributed by atoms with Crippen LogP contribution in [0.2, 0.25) is 0 Å². The largest absolute Gasteiger partial charge is 0.282 e. The SMILES string of the molecule is CC(C)CC(C)N=C1C=CC(=NC(C)CC(C)C)C=C1. The average Bonchev–Trinajstić information content (AvgIpc) is 2.29. The molecule has 0 aromatic heterocycles. The summed E-state index contributed by atoms with van der Waals surface area (Å²) in [5.74, 6) is 1.39. The summed E-state index contributed by atoms with van der Waals surface area (Å²) in [4.78, 5) is 9.45. The molecule has 2 heteroatoms. The molecule has 2 atom stereocenters. The molecule has 0 spiro atoms. The molecule has 0 aromatic carbocycles. The minimum absolute atomic E-state index is 0.387. The Morgan fingerprint density at radius 2 is 0.950 bits per heavy atom. The van der Waals surface area contributed by atoms with Gasteiger partial charge in [-0.1, -0.05) is 27.7 Å². The number of allylic oxidation sites excluding steroid dienone is 4. The van der Waals surface area contributed by atoms with Gasteiger partial charge in [0.1, 0.15) is 0 Å². The van der Waals surface area contributed by atoms with E-state index in [4.69, 9.17) is 9.98 Å². The van der Waals surface area contributed by atoms with Crippen LogP contribution in [0.5, 0.6) is 0 Å². The van der Waals surface area contributed by atoms with Gasteiger partial charge in [-0.15, -0.1) is 0 Å². The lowest BCUT2D eigenvalue weighted by Crippen LogP contribution is -2.10. The van der Waals surface area contributed by atoms with Crippen molar-refractivity contribution in [2.45, 2.75) is 66.5 Å². The van der Waals surface area contributed by atoms with E-state index in [1.165, 1.54) is 0 Å². The minimum Gasteiger partial charge on any atom is -0.282 e. The van der Waals surface area contributed by atoms with Crippen molar-refractivity contribution in [2.24, 2.45) is 21.8 Å². The highest BCUT2D eigenvalue weighted by Gasteiger charge is 2.07. The molecule has 2 nitrogen and oxygen atoms in total. The van der Waals surface area contributed by atoms with Gasteiger partial charge in [0.25, 0.3) is 0 Å². The topological polar surface area (TPSA) is 24.7 Å². The zero-order chi connectivity index (χ0) is 15.1. The van der Waals surface area contributed by atoms with E-state index in [-0.39, 0.29) is 0 Å². The molecule has 20 heavy (non-hydrogen) atoms. The van der Waals surface area contributed by atoms with Crippen LogP contribution in [0.25, 0.3) is 0 Å². The van der Waals surface area contributed by atoms with Gasteiger partial charge in [-0.25, -0.2) is 0 Å². The molecule has 1 aliphatic carbocycles. The molecule has 0 bridgehead atoms. The first-order valence-corrected chi connectivity index (χ1v) is 7.88. The smallest absolute Gasteiger partial charge is 0.0579 e. The molecule has 0 heterocycles. The number of hydrogen-bond donors (Lipinski definition) is 0. The van der Waals surface area contributed by atoms with E-state index >= 15 is 0 Å². The predicted molar refractivity (Wildman–Crippen MR) is 91.0 cm³/mol. The minimum atomic E-state index is 0.387. The monoisotopic (exact) mass is 274 g/mol. The molecule has 0 radical (unpaired) electrons. The van der Waals surface area contributed by atoms with Gasteiger partial charge in [0.2, 0.25) is 0 Å². The van der Waals surface area contributed by atoms with Gasteiger partial charge in [-0.05, 0) is 62.8 Å². The summed E-state index contributed by atoms with van der Waals surface area (Å²) in [6.07, 6.45) is 10.6. The van der Waals surface area contributed by atoms with E-state index in [1.54, 1.807) is 0 Å². The lowest BCUT2D eigenvalue weighted by Gasteiger charge is -2.12. The van der Waals surface area contributed by atoms with Gasteiger partial charge in [0.15, 0.2) is 0 Å². The second kappa shape index (κ2) is 8.18. The molecule has 0 fully saturated rings. The van der Waals surface area contributed by atoms with Gasteiger partial charge in [-0.3, -0.25) is 9.98 Å². The van der Waals surface area contributed by atoms with E-state index in [0.717, 1.165) is 24.3 Å². The summed E-state index contributed by atoms with van der Waals surface area (Å²) < 4.78 is 0. The van der Waals surface area contributed by atoms with Crippen molar-refractivity contribution < 1.29 is 0 Å². The first-order chi connectivity index (χ1) is 9.36. The third kappa shape index (κ3) is 6.83. The van der Waals surface area contributed by atoms with Crippen LogP contribution in [-0.4, -0.2) is 23.5 Å². The second-order valence-electron chi connectivity index (χ2n) is 6.73. The Morgan fingerprint density at radius 3 is 1.20 bits per heavy atom. The Hall–Kier alpha value is -1.18. The summed E-state index contributed by atoms with van der Waals surface area (Å²) in [5.41, 5.74) is 2.13. The van der Waals surface area contributed by atoms with Gasteiger partial charge in [0, 0.05) is 12.1 Å². The maximum atomic E-state index is 4.73. The Labute approximate surface area is 124 Å². The standard InChI is InChI=1S/C18H30N2/c1-13(2)11-15(5)19-17-7-9-18(10-8-17)20-16(6)12-14(3)4/h7-10,13-16H,11-12H2,1-6H3. The highest BCUT2D eigenvalue weighted by Crippen LogP contribution is 2.11. The molecule has 1 aliphatic rings. The van der Waals surface area contributed by atoms with Crippen LogP contribution < -0.4 is 0 Å². The molecule has 0 N–H and O–H groups in total. The van der Waals surface area contributed by atoms with Crippen LogP contribution >= 0.6 is 0 Å². The van der Waals surface area contributed by atoms with E-state index in [2.05, 4.69) is 65.8 Å². The average molecular weight is 274 g/mol. The summed E-state index contributed by atoms with van der Waals surface area (Å²) in [5, 5.41) is 0. The van der Waals surface area contributed by atoms with Crippen LogP contribution in [0.3, 0.4) is 0 Å². The zero-order valence-electron chi connectivity index (χ0n) is 13.9. The Morgan fingerprint density at radius 1 is 0.650 bits per heavy atom. The van der Waals surface area contributed by atoms with Crippen molar-refractivity contribution >= 4 is 11.4 Å². The van der Waals surface area contributed by atoms with Crippen LogP contribution in [0.4, 0.5) is 0 Å². The van der Waals surface area contributed by atoms with Crippen molar-refractivity contribution in [2.75, 3.05) is 0 Å². The Kier molecular flexibility index (Phi) is 6.90. The molecule has 0 aliphatic heterocycles. The van der Waals surface area contributed by atoms with Crippen LogP contribution in [-0.2, 0) is 0 Å². The number of hydrogen-bond acceptors (Lipinski definition) is 2. The molecule has 112 valence electrons. The molecule has 0 aromatic rings. The van der Waals surface area contributed by atoms with Crippen molar-refractivity contribution in [3.8, 4) is 0 Å². The summed E-state index contributed by atoms with van der Waals surface area (Å²) >= 11 is 0.